The number of primary amides is 1. The van der Waals surface area contributed by atoms with Gasteiger partial charge in [-0.1, -0.05) is 6.07 Å². The maximum Gasteiger partial charge on any atom is 0.339 e. The molecule has 1 unspecified atom stereocenters. The van der Waals surface area contributed by atoms with Crippen LogP contribution in [0, 0.1) is 0 Å². The Hall–Kier alpha value is -1.92. The van der Waals surface area contributed by atoms with Gasteiger partial charge in [-0.3, -0.25) is 0 Å². The van der Waals surface area contributed by atoms with Crippen LogP contribution in [0.1, 0.15) is 28.5 Å². The Kier molecular flexibility index (Phi) is 3.90. The van der Waals surface area contributed by atoms with Crippen LogP contribution < -0.4 is 5.73 Å². The molecular formula is C15H18N4OS. The lowest BCUT2D eigenvalue weighted by Gasteiger charge is -2.09. The van der Waals surface area contributed by atoms with Crippen LogP contribution in [-0.4, -0.2) is 40.8 Å². The minimum Gasteiger partial charge on any atom is -0.350 e. The Morgan fingerprint density at radius 2 is 2.38 bits per heavy atom. The van der Waals surface area contributed by atoms with Crippen molar-refractivity contribution in [1.29, 1.82) is 0 Å². The molecule has 0 aromatic carbocycles. The lowest BCUT2D eigenvalue weighted by molar-refractivity contribution is 0.247. The van der Waals surface area contributed by atoms with E-state index in [1.165, 1.54) is 4.68 Å². The lowest BCUT2D eigenvalue weighted by Crippen LogP contribution is -2.19. The van der Waals surface area contributed by atoms with Gasteiger partial charge in [-0.25, -0.2) is 4.79 Å². The molecule has 0 spiro atoms. The van der Waals surface area contributed by atoms with Gasteiger partial charge in [0.15, 0.2) is 0 Å². The number of hydrogen-bond donors (Lipinski definition) is 1. The molecule has 1 atom stereocenters. The lowest BCUT2D eigenvalue weighted by atomic mass is 9.99. The highest BCUT2D eigenvalue weighted by molar-refractivity contribution is 7.10. The third-order valence-electron chi connectivity index (χ3n) is 3.78. The van der Waals surface area contributed by atoms with E-state index in [0.29, 0.717) is 5.92 Å². The summed E-state index contributed by atoms with van der Waals surface area (Å²) < 4.78 is 1.24. The van der Waals surface area contributed by atoms with E-state index in [4.69, 9.17) is 5.73 Å². The van der Waals surface area contributed by atoms with Crippen molar-refractivity contribution in [3.05, 3.63) is 39.8 Å². The number of carbonyl (C=O) groups is 1. The highest BCUT2D eigenvalue weighted by Crippen LogP contribution is 2.29. The monoisotopic (exact) mass is 302 g/mol. The minimum atomic E-state index is -0.543. The highest BCUT2D eigenvalue weighted by Gasteiger charge is 2.25. The molecule has 1 aliphatic rings. The van der Waals surface area contributed by atoms with E-state index in [1.54, 1.807) is 17.5 Å². The fourth-order valence-electron chi connectivity index (χ4n) is 2.69. The molecule has 1 saturated heterocycles. The van der Waals surface area contributed by atoms with E-state index >= 15 is 0 Å². The molecule has 0 aliphatic carbocycles. The summed E-state index contributed by atoms with van der Waals surface area (Å²) in [7, 11) is 2.11. The highest BCUT2D eigenvalue weighted by atomic mass is 32.1. The molecule has 0 bridgehead atoms. The molecular weight excluding hydrogens is 284 g/mol. The number of hydrogen-bond acceptors (Lipinski definition) is 4. The Bertz CT molecular complexity index is 659. The van der Waals surface area contributed by atoms with Crippen LogP contribution >= 0.6 is 11.3 Å². The van der Waals surface area contributed by atoms with Crippen molar-refractivity contribution < 1.29 is 4.79 Å². The summed E-state index contributed by atoms with van der Waals surface area (Å²) in [5.74, 6) is 0.408. The van der Waals surface area contributed by atoms with E-state index in [2.05, 4.69) is 23.1 Å². The fraction of sp³-hybridized carbons (Fsp3) is 0.333. The Balaban J connectivity index is 1.92. The Morgan fingerprint density at radius 3 is 3.00 bits per heavy atom. The zero-order valence-corrected chi connectivity index (χ0v) is 12.7. The van der Waals surface area contributed by atoms with Crippen molar-refractivity contribution in [1.82, 2.24) is 14.7 Å². The van der Waals surface area contributed by atoms with Crippen LogP contribution in [0.2, 0.25) is 0 Å². The summed E-state index contributed by atoms with van der Waals surface area (Å²) in [6, 6.07) is 3.52. The summed E-state index contributed by atoms with van der Waals surface area (Å²) >= 11 is 1.67. The van der Waals surface area contributed by atoms with Crippen molar-refractivity contribution in [2.45, 2.75) is 12.3 Å². The normalized spacial score (nSPS) is 19.6. The molecule has 6 heteroatoms. The maximum atomic E-state index is 11.4. The topological polar surface area (TPSA) is 64.2 Å². The number of rotatable bonds is 3. The molecule has 2 aromatic rings. The van der Waals surface area contributed by atoms with Gasteiger partial charge < -0.3 is 10.6 Å². The summed E-state index contributed by atoms with van der Waals surface area (Å²) in [6.07, 6.45) is 6.86. The summed E-state index contributed by atoms with van der Waals surface area (Å²) in [6.45, 7) is 2.06. The Labute approximate surface area is 127 Å². The molecule has 21 heavy (non-hydrogen) atoms. The van der Waals surface area contributed by atoms with Crippen molar-refractivity contribution >= 4 is 29.5 Å². The standard InChI is InChI=1S/C15H18N4OS/c1-18-7-6-11(9-18)13-10-19(15(16)20)17-14(13)5-4-12-3-2-8-21-12/h2-5,8,10-11H,6-7,9H2,1H3,(H2,16,20). The summed E-state index contributed by atoms with van der Waals surface area (Å²) in [5, 5.41) is 6.36. The number of nitrogens with two attached hydrogens (primary N) is 1. The molecule has 5 nitrogen and oxygen atoms in total. The zero-order chi connectivity index (χ0) is 14.8. The summed E-state index contributed by atoms with van der Waals surface area (Å²) in [4.78, 5) is 14.8. The van der Waals surface area contributed by atoms with Gasteiger partial charge in [0.1, 0.15) is 0 Å². The first-order valence-corrected chi connectivity index (χ1v) is 7.81. The largest absolute Gasteiger partial charge is 0.350 e. The second-order valence-electron chi connectivity index (χ2n) is 5.35. The molecule has 0 saturated carbocycles. The van der Waals surface area contributed by atoms with Crippen LogP contribution in [0.5, 0.6) is 0 Å². The van der Waals surface area contributed by atoms with Gasteiger partial charge in [0.25, 0.3) is 0 Å². The van der Waals surface area contributed by atoms with Crippen LogP contribution in [-0.2, 0) is 0 Å². The van der Waals surface area contributed by atoms with E-state index in [-0.39, 0.29) is 0 Å². The number of amides is 1. The van der Waals surface area contributed by atoms with E-state index in [9.17, 15) is 4.79 Å². The van der Waals surface area contributed by atoms with Crippen LogP contribution in [0.15, 0.2) is 23.7 Å². The van der Waals surface area contributed by atoms with Crippen molar-refractivity contribution in [2.24, 2.45) is 5.73 Å². The average molecular weight is 302 g/mol. The second kappa shape index (κ2) is 5.83. The fourth-order valence-corrected chi connectivity index (χ4v) is 3.31. The van der Waals surface area contributed by atoms with E-state index < -0.39 is 6.03 Å². The first kappa shape index (κ1) is 14.0. The van der Waals surface area contributed by atoms with Crippen LogP contribution in [0.4, 0.5) is 4.79 Å². The maximum absolute atomic E-state index is 11.4. The first-order valence-electron chi connectivity index (χ1n) is 6.93. The average Bonchev–Trinajstić information content (AvgIpc) is 3.16. The smallest absolute Gasteiger partial charge is 0.339 e. The van der Waals surface area contributed by atoms with Crippen molar-refractivity contribution in [3.63, 3.8) is 0 Å². The van der Waals surface area contributed by atoms with Crippen molar-refractivity contribution in [3.8, 4) is 0 Å². The molecule has 0 radical (unpaired) electrons. The van der Waals surface area contributed by atoms with Crippen molar-refractivity contribution in [2.75, 3.05) is 20.1 Å². The summed E-state index contributed by atoms with van der Waals surface area (Å²) in [5.41, 5.74) is 7.28. The van der Waals surface area contributed by atoms with Gasteiger partial charge in [-0.15, -0.1) is 11.3 Å². The Morgan fingerprint density at radius 1 is 1.52 bits per heavy atom. The van der Waals surface area contributed by atoms with Crippen LogP contribution in [0.3, 0.4) is 0 Å². The molecule has 110 valence electrons. The molecule has 3 rings (SSSR count). The van der Waals surface area contributed by atoms with Gasteiger partial charge >= 0.3 is 6.03 Å². The minimum absolute atomic E-state index is 0.408. The van der Waals surface area contributed by atoms with Gasteiger partial charge in [0.05, 0.1) is 5.69 Å². The second-order valence-corrected chi connectivity index (χ2v) is 6.33. The number of thiophene rings is 1. The molecule has 1 aliphatic heterocycles. The van der Waals surface area contributed by atoms with Gasteiger partial charge in [0.2, 0.25) is 0 Å². The number of likely N-dealkylation sites (N-methyl/N-ethyl adjacent to an activating group) is 1. The molecule has 3 heterocycles. The number of aromatic nitrogens is 2. The van der Waals surface area contributed by atoms with E-state index in [0.717, 1.165) is 35.6 Å². The number of likely N-dealkylation sites (tertiary alicyclic amines) is 1. The predicted molar refractivity (Wildman–Crippen MR) is 85.3 cm³/mol. The van der Waals surface area contributed by atoms with Gasteiger partial charge in [0, 0.05) is 29.1 Å². The number of nitrogens with zero attached hydrogens (tertiary/aromatic N) is 3. The molecule has 1 fully saturated rings. The third kappa shape index (κ3) is 3.06. The molecule has 2 N–H and O–H groups in total. The van der Waals surface area contributed by atoms with Gasteiger partial charge in [-0.2, -0.15) is 9.78 Å². The van der Waals surface area contributed by atoms with E-state index in [1.807, 2.05) is 23.6 Å². The quantitative estimate of drug-likeness (QED) is 0.947. The molecule has 1 amide bonds. The SMILES string of the molecule is CN1CCC(c2cn(C(N)=O)nc2C=Cc2cccs2)C1. The third-order valence-corrected chi connectivity index (χ3v) is 4.62. The molecule has 2 aromatic heterocycles. The van der Waals surface area contributed by atoms with Gasteiger partial charge in [-0.05, 0) is 43.6 Å². The first-order chi connectivity index (χ1) is 10.1. The zero-order valence-electron chi connectivity index (χ0n) is 11.9. The van der Waals surface area contributed by atoms with Crippen LogP contribution in [0.25, 0.3) is 12.2 Å². The number of carbonyl (C=O) groups excluding carboxylic acids is 1. The predicted octanol–water partition coefficient (Wildman–Crippen LogP) is 2.46.